The van der Waals surface area contributed by atoms with Gasteiger partial charge in [0.2, 0.25) is 10.0 Å². The zero-order valence-corrected chi connectivity index (χ0v) is 11.1. The number of benzene rings is 1. The molecule has 1 aromatic carbocycles. The van der Waals surface area contributed by atoms with E-state index in [0.717, 1.165) is 25.5 Å². The van der Waals surface area contributed by atoms with Crippen molar-refractivity contribution in [3.05, 3.63) is 29.6 Å². The van der Waals surface area contributed by atoms with Gasteiger partial charge >= 0.3 is 0 Å². The molecule has 18 heavy (non-hydrogen) atoms. The van der Waals surface area contributed by atoms with Crippen LogP contribution in [-0.2, 0) is 10.0 Å². The van der Waals surface area contributed by atoms with Gasteiger partial charge in [-0.05, 0) is 44.0 Å². The summed E-state index contributed by atoms with van der Waals surface area (Å²) in [5, 5.41) is 3.21. The average molecular weight is 272 g/mol. The Hall–Kier alpha value is -0.980. The van der Waals surface area contributed by atoms with Crippen molar-refractivity contribution < 1.29 is 12.8 Å². The van der Waals surface area contributed by atoms with Gasteiger partial charge in [-0.3, -0.25) is 0 Å². The van der Waals surface area contributed by atoms with E-state index in [-0.39, 0.29) is 10.9 Å². The molecule has 0 bridgehead atoms. The predicted octanol–water partition coefficient (Wildman–Crippen LogP) is 1.16. The molecule has 2 N–H and O–H groups in total. The fraction of sp³-hybridized carbons (Fsp3) is 0.500. The van der Waals surface area contributed by atoms with Crippen LogP contribution < -0.4 is 10.0 Å². The molecule has 0 spiro atoms. The number of sulfonamides is 1. The van der Waals surface area contributed by atoms with Crippen LogP contribution in [0.25, 0.3) is 0 Å². The summed E-state index contributed by atoms with van der Waals surface area (Å²) < 4.78 is 39.8. The SMILES string of the molecule is Cc1ccc(F)cc1S(=O)(=O)NCC1CCCN1. The van der Waals surface area contributed by atoms with Crippen molar-refractivity contribution in [1.29, 1.82) is 0 Å². The van der Waals surface area contributed by atoms with Gasteiger partial charge in [-0.2, -0.15) is 0 Å². The predicted molar refractivity (Wildman–Crippen MR) is 67.4 cm³/mol. The van der Waals surface area contributed by atoms with Crippen molar-refractivity contribution in [2.45, 2.75) is 30.7 Å². The highest BCUT2D eigenvalue weighted by Gasteiger charge is 2.21. The maximum atomic E-state index is 13.1. The normalized spacial score (nSPS) is 20.2. The Morgan fingerprint density at radius 3 is 2.94 bits per heavy atom. The van der Waals surface area contributed by atoms with Crippen LogP contribution in [0, 0.1) is 12.7 Å². The molecule has 0 aromatic heterocycles. The van der Waals surface area contributed by atoms with Crippen LogP contribution in [0.3, 0.4) is 0 Å². The van der Waals surface area contributed by atoms with E-state index in [4.69, 9.17) is 0 Å². The zero-order chi connectivity index (χ0) is 13.2. The van der Waals surface area contributed by atoms with Gasteiger partial charge in [0.05, 0.1) is 4.90 Å². The number of halogens is 1. The van der Waals surface area contributed by atoms with Gasteiger partial charge in [0.1, 0.15) is 5.82 Å². The summed E-state index contributed by atoms with van der Waals surface area (Å²) in [4.78, 5) is 0.0143. The Bertz CT molecular complexity index is 525. The second-order valence-electron chi connectivity index (χ2n) is 4.55. The minimum absolute atomic E-state index is 0.0143. The van der Waals surface area contributed by atoms with Crippen LogP contribution in [0.5, 0.6) is 0 Å². The van der Waals surface area contributed by atoms with Gasteiger partial charge in [0.25, 0.3) is 0 Å². The van der Waals surface area contributed by atoms with E-state index in [1.54, 1.807) is 6.92 Å². The first-order valence-electron chi connectivity index (χ1n) is 5.98. The van der Waals surface area contributed by atoms with Crippen molar-refractivity contribution in [1.82, 2.24) is 10.0 Å². The van der Waals surface area contributed by atoms with Crippen LogP contribution in [0.15, 0.2) is 23.1 Å². The Morgan fingerprint density at radius 1 is 1.50 bits per heavy atom. The van der Waals surface area contributed by atoms with E-state index in [1.807, 2.05) is 0 Å². The topological polar surface area (TPSA) is 58.2 Å². The Morgan fingerprint density at radius 2 is 2.28 bits per heavy atom. The summed E-state index contributed by atoms with van der Waals surface area (Å²) in [7, 11) is -3.63. The van der Waals surface area contributed by atoms with Gasteiger partial charge in [-0.15, -0.1) is 0 Å². The molecule has 0 radical (unpaired) electrons. The third-order valence-corrected chi connectivity index (χ3v) is 4.69. The summed E-state index contributed by atoms with van der Waals surface area (Å²) >= 11 is 0. The van der Waals surface area contributed by atoms with Crippen molar-refractivity contribution in [3.63, 3.8) is 0 Å². The largest absolute Gasteiger partial charge is 0.313 e. The van der Waals surface area contributed by atoms with Crippen molar-refractivity contribution in [2.75, 3.05) is 13.1 Å². The van der Waals surface area contributed by atoms with E-state index in [0.29, 0.717) is 12.1 Å². The maximum absolute atomic E-state index is 13.1. The lowest BCUT2D eigenvalue weighted by Gasteiger charge is -2.13. The number of rotatable bonds is 4. The van der Waals surface area contributed by atoms with Gasteiger partial charge < -0.3 is 5.32 Å². The minimum Gasteiger partial charge on any atom is -0.313 e. The second-order valence-corrected chi connectivity index (χ2v) is 6.29. The van der Waals surface area contributed by atoms with Crippen molar-refractivity contribution >= 4 is 10.0 Å². The number of hydrogen-bond acceptors (Lipinski definition) is 3. The second kappa shape index (κ2) is 5.34. The number of aryl methyl sites for hydroxylation is 1. The lowest BCUT2D eigenvalue weighted by Crippen LogP contribution is -2.37. The highest BCUT2D eigenvalue weighted by atomic mass is 32.2. The van der Waals surface area contributed by atoms with Gasteiger partial charge in [-0.25, -0.2) is 17.5 Å². The molecule has 1 aromatic rings. The molecule has 4 nitrogen and oxygen atoms in total. The Kier molecular flexibility index (Phi) is 3.99. The quantitative estimate of drug-likeness (QED) is 0.865. The molecule has 0 saturated carbocycles. The fourth-order valence-electron chi connectivity index (χ4n) is 2.08. The number of nitrogens with one attached hydrogen (secondary N) is 2. The molecule has 0 aliphatic carbocycles. The van der Waals surface area contributed by atoms with E-state index in [2.05, 4.69) is 10.0 Å². The maximum Gasteiger partial charge on any atom is 0.240 e. The zero-order valence-electron chi connectivity index (χ0n) is 10.2. The molecular formula is C12H17FN2O2S. The Balaban J connectivity index is 2.12. The molecule has 6 heteroatoms. The minimum atomic E-state index is -3.63. The molecule has 2 rings (SSSR count). The summed E-state index contributed by atoms with van der Waals surface area (Å²) in [6, 6.07) is 3.96. The lowest BCUT2D eigenvalue weighted by molar-refractivity contribution is 0.549. The molecule has 1 saturated heterocycles. The first-order valence-corrected chi connectivity index (χ1v) is 7.46. The molecule has 0 amide bonds. The van der Waals surface area contributed by atoms with E-state index in [9.17, 15) is 12.8 Å². The average Bonchev–Trinajstić information content (AvgIpc) is 2.83. The molecule has 1 heterocycles. The highest BCUT2D eigenvalue weighted by molar-refractivity contribution is 7.89. The summed E-state index contributed by atoms with van der Waals surface area (Å²) in [6.45, 7) is 2.92. The fourth-order valence-corrected chi connectivity index (χ4v) is 3.42. The summed E-state index contributed by atoms with van der Waals surface area (Å²) in [5.41, 5.74) is 0.545. The van der Waals surface area contributed by atoms with E-state index >= 15 is 0 Å². The summed E-state index contributed by atoms with van der Waals surface area (Å²) in [6.07, 6.45) is 2.02. The van der Waals surface area contributed by atoms with Gasteiger partial charge in [0.15, 0.2) is 0 Å². The molecule has 100 valence electrons. The molecular weight excluding hydrogens is 255 g/mol. The van der Waals surface area contributed by atoms with E-state index < -0.39 is 15.8 Å². The first kappa shape index (κ1) is 13.5. The van der Waals surface area contributed by atoms with Crippen molar-refractivity contribution in [3.8, 4) is 0 Å². The number of hydrogen-bond donors (Lipinski definition) is 2. The molecule has 1 atom stereocenters. The Labute approximate surface area is 107 Å². The van der Waals surface area contributed by atoms with Crippen LogP contribution in [-0.4, -0.2) is 27.5 Å². The highest BCUT2D eigenvalue weighted by Crippen LogP contribution is 2.16. The van der Waals surface area contributed by atoms with E-state index in [1.165, 1.54) is 12.1 Å². The summed E-state index contributed by atoms with van der Waals surface area (Å²) in [5.74, 6) is -0.542. The standard InChI is InChI=1S/C12H17FN2O2S/c1-9-4-5-10(13)7-12(9)18(16,17)15-8-11-3-2-6-14-11/h4-5,7,11,14-15H,2-3,6,8H2,1H3. The molecule has 1 unspecified atom stereocenters. The molecule has 1 aliphatic rings. The third kappa shape index (κ3) is 3.07. The van der Waals surface area contributed by atoms with Crippen LogP contribution >= 0.6 is 0 Å². The van der Waals surface area contributed by atoms with Crippen LogP contribution in [0.4, 0.5) is 4.39 Å². The van der Waals surface area contributed by atoms with Gasteiger partial charge in [0, 0.05) is 12.6 Å². The van der Waals surface area contributed by atoms with Crippen LogP contribution in [0.1, 0.15) is 18.4 Å². The third-order valence-electron chi connectivity index (χ3n) is 3.12. The van der Waals surface area contributed by atoms with Crippen molar-refractivity contribution in [2.24, 2.45) is 0 Å². The first-order chi connectivity index (χ1) is 8.49. The monoisotopic (exact) mass is 272 g/mol. The molecule has 1 fully saturated rings. The lowest BCUT2D eigenvalue weighted by atomic mass is 10.2. The van der Waals surface area contributed by atoms with Gasteiger partial charge in [-0.1, -0.05) is 6.07 Å². The smallest absolute Gasteiger partial charge is 0.240 e. The van der Waals surface area contributed by atoms with Crippen LogP contribution in [0.2, 0.25) is 0 Å². The molecule has 1 aliphatic heterocycles.